The Kier molecular flexibility index (Phi) is 32.0. The Morgan fingerprint density at radius 1 is 0.792 bits per heavy atom. The molecule has 0 saturated heterocycles. The molecule has 1 aliphatic carbocycles. The molecule has 0 fully saturated rings. The van der Waals surface area contributed by atoms with E-state index in [9.17, 15) is 76.7 Å². The molecular formula is C54H66Cl2F3N12O20PS4. The van der Waals surface area contributed by atoms with Crippen LogP contribution in [0.1, 0.15) is 62.9 Å². The van der Waals surface area contributed by atoms with Gasteiger partial charge in [0.15, 0.2) is 14.9 Å². The largest absolute Gasteiger partial charge is 0.778 e. The molecule has 0 saturated carbocycles. The van der Waals surface area contributed by atoms with E-state index in [0.29, 0.717) is 51.2 Å². The molecule has 7 rings (SSSR count). The van der Waals surface area contributed by atoms with Crippen molar-refractivity contribution in [1.82, 2.24) is 44.7 Å². The molecule has 5 aromatic rings. The molecule has 1 unspecified atom stereocenters. The summed E-state index contributed by atoms with van der Waals surface area (Å²) in [5.41, 5.74) is 1.97. The second-order valence-electron chi connectivity index (χ2n) is 19.4. The highest BCUT2D eigenvalue weighted by molar-refractivity contribution is 7.94. The van der Waals surface area contributed by atoms with Gasteiger partial charge in [-0.05, 0) is 110 Å². The van der Waals surface area contributed by atoms with Gasteiger partial charge in [0, 0.05) is 28.8 Å². The number of aromatic nitrogens is 6. The Morgan fingerprint density at radius 2 is 1.33 bits per heavy atom. The number of hydrogen-bond donors (Lipinski definition) is 7. The van der Waals surface area contributed by atoms with E-state index in [2.05, 4.69) is 59.3 Å². The number of carboxylic acid groups (broad SMARTS) is 1. The number of aliphatic carboxylic acids is 1. The standard InChI is InChI=1S/C19H17Cl2NO4.C15H16F3N5O4S.C14H17N5O7S2.C3H8NO5P.C3H9S/c1-2-26-19(25)16(21)10-11-9-12(7-8-15(11)20)22-17(23)13-5-3-4-6-14(13)18(22)24;1-9-19-12(22-14(20-9)27-2)21-13(24)23-28(25,26)11-6-4-3-5-10(11)7-8-15(16,17)18;1-4-27(21,22)9-6-5-7-15-12(9)28(23,24)19-14(20)18-13-16-10(25-2)8-11(17-13)26-3;5-3(6)1-4-2-10(7,8)9;1-4(2)3/h7-10H,2-6H2,1H3;3-6H,7-8H2,1-2H3,(H2,19,20,21,22,23,24);5-8H,4H2,1-3H3,(H2,16,17,18,19,20);4H,1-2H2,(H,5,6)(H2,7,8,9);1-3H3/q;;;;+1/p-1/b16-10-;;;;. The Hall–Kier alpha value is -8.14. The number of carboxylic acids is 1. The number of aryl methyl sites for hydroxylation is 2. The quantitative estimate of drug-likeness (QED) is 0.0162. The predicted molar refractivity (Wildman–Crippen MR) is 343 cm³/mol. The van der Waals surface area contributed by atoms with Gasteiger partial charge in [0.2, 0.25) is 23.7 Å². The van der Waals surface area contributed by atoms with Gasteiger partial charge < -0.3 is 38.4 Å². The van der Waals surface area contributed by atoms with Crippen molar-refractivity contribution in [2.75, 3.05) is 80.8 Å². The van der Waals surface area contributed by atoms with E-state index in [1.54, 1.807) is 34.6 Å². The SMILES string of the molecule is CCOC(=O)/C(Cl)=C/c1cc(N2C(=O)C3=C(CCCC3)C2=O)ccc1Cl.CCS(=O)(=O)c1cccnc1S(=O)(=O)NC(=O)Nc1nc(OC)cc(OC)n1.COc1nc(C)nc(NC(=O)NS(=O)(=O)c2ccccc2CCC(F)(F)F)n1.C[S+](C)C.O=C(O)CNCP(=O)([O-])O. The number of rotatable bonds is 21. The number of sulfonamides is 2. The van der Waals surface area contributed by atoms with Crippen molar-refractivity contribution in [3.63, 3.8) is 0 Å². The van der Waals surface area contributed by atoms with Crippen molar-refractivity contribution in [2.45, 2.75) is 80.3 Å². The van der Waals surface area contributed by atoms with Crippen LogP contribution in [0.15, 0.2) is 97.9 Å². The number of carbonyl (C=O) groups is 6. The molecule has 6 amide bonds. The van der Waals surface area contributed by atoms with Crippen LogP contribution in [0.3, 0.4) is 0 Å². The van der Waals surface area contributed by atoms with Gasteiger partial charge in [-0.1, -0.05) is 48.3 Å². The predicted octanol–water partition coefficient (Wildman–Crippen LogP) is 5.27. The zero-order valence-corrected chi connectivity index (χ0v) is 58.0. The van der Waals surface area contributed by atoms with Crippen molar-refractivity contribution in [3.8, 4) is 17.8 Å². The smallest absolute Gasteiger partial charge is 0.389 e. The first-order valence-corrected chi connectivity index (χ1v) is 36.9. The minimum atomic E-state index is -4.61. The van der Waals surface area contributed by atoms with Crippen LogP contribution < -0.4 is 49.4 Å². The zero-order valence-electron chi connectivity index (χ0n) is 52.3. The van der Waals surface area contributed by atoms with Gasteiger partial charge in [0.1, 0.15) is 23.3 Å². The first kappa shape index (κ1) is 82.1. The summed E-state index contributed by atoms with van der Waals surface area (Å²) in [5.74, 6) is -2.97. The molecule has 1 atom stereocenters. The van der Waals surface area contributed by atoms with Crippen molar-refractivity contribution < 1.29 is 106 Å². The molecule has 7 N–H and O–H groups in total. The Morgan fingerprint density at radius 3 is 1.84 bits per heavy atom. The fraction of sp³-hybridized carbons (Fsp3) is 0.370. The first-order valence-electron chi connectivity index (χ1n) is 27.3. The highest BCUT2D eigenvalue weighted by Crippen LogP contribution is 2.37. The number of hydrogen-bond acceptors (Lipinski definition) is 25. The maximum Gasteiger partial charge on any atom is 0.389 e. The number of esters is 1. The highest BCUT2D eigenvalue weighted by atomic mass is 35.5. The average molecular weight is 1490 g/mol. The summed E-state index contributed by atoms with van der Waals surface area (Å²) >= 11 is 12.1. The monoisotopic (exact) mass is 1490 g/mol. The Labute approximate surface area is 562 Å². The molecular weight excluding hydrogens is 1420 g/mol. The van der Waals surface area contributed by atoms with Gasteiger partial charge in [-0.25, -0.2) is 50.5 Å². The minimum absolute atomic E-state index is 0.0612. The highest BCUT2D eigenvalue weighted by Gasteiger charge is 2.40. The van der Waals surface area contributed by atoms with Crippen LogP contribution in [0.4, 0.5) is 40.3 Å². The van der Waals surface area contributed by atoms with Crippen molar-refractivity contribution >= 4 is 131 Å². The van der Waals surface area contributed by atoms with E-state index in [1.807, 2.05) is 5.32 Å². The van der Waals surface area contributed by atoms with Crippen LogP contribution in [0.2, 0.25) is 5.02 Å². The number of carbonyl (C=O) groups excluding carboxylic acids is 5. The van der Waals surface area contributed by atoms with Gasteiger partial charge in [0.25, 0.3) is 31.9 Å². The molecule has 526 valence electrons. The normalized spacial score (nSPS) is 13.6. The van der Waals surface area contributed by atoms with Crippen LogP contribution in [0, 0.1) is 6.92 Å². The summed E-state index contributed by atoms with van der Waals surface area (Å²) < 4.78 is 144. The third-order valence-electron chi connectivity index (χ3n) is 11.5. The van der Waals surface area contributed by atoms with Crippen LogP contribution >= 0.6 is 30.8 Å². The molecule has 96 heavy (non-hydrogen) atoms. The van der Waals surface area contributed by atoms with E-state index >= 15 is 0 Å². The molecule has 0 radical (unpaired) electrons. The Balaban J connectivity index is 0.000000341. The number of ether oxygens (including phenoxy) is 4. The fourth-order valence-electron chi connectivity index (χ4n) is 7.55. The summed E-state index contributed by atoms with van der Waals surface area (Å²) in [6, 6.07) is 11.0. The number of sulfone groups is 1. The Bertz CT molecular complexity index is 4050. The van der Waals surface area contributed by atoms with Crippen LogP contribution in [-0.4, -0.2) is 172 Å². The molecule has 2 aliphatic rings. The minimum Gasteiger partial charge on any atom is -0.778 e. The summed E-state index contributed by atoms with van der Waals surface area (Å²) in [5, 5.41) is 13.6. The van der Waals surface area contributed by atoms with Crippen molar-refractivity contribution in [3.05, 3.63) is 105 Å². The van der Waals surface area contributed by atoms with Gasteiger partial charge >= 0.3 is 36.2 Å². The lowest BCUT2D eigenvalue weighted by atomic mass is 9.93. The van der Waals surface area contributed by atoms with Gasteiger partial charge in [0.05, 0.1) is 81.9 Å². The lowest BCUT2D eigenvalue weighted by molar-refractivity contribution is -0.193. The molecule has 42 heteroatoms. The fourth-order valence-corrected chi connectivity index (χ4v) is 12.0. The first-order chi connectivity index (χ1) is 44.7. The van der Waals surface area contributed by atoms with Gasteiger partial charge in [-0.2, -0.15) is 46.5 Å². The second-order valence-corrected chi connectivity index (χ2v) is 29.7. The van der Waals surface area contributed by atoms with Crippen LogP contribution in [-0.2, 0) is 75.7 Å². The van der Waals surface area contributed by atoms with Crippen LogP contribution in [0.25, 0.3) is 6.08 Å². The maximum absolute atomic E-state index is 12.7. The number of pyridine rings is 1. The number of amides is 6. The van der Waals surface area contributed by atoms with Crippen molar-refractivity contribution in [2.24, 2.45) is 0 Å². The van der Waals surface area contributed by atoms with E-state index in [1.165, 1.54) is 76.5 Å². The third-order valence-corrected chi connectivity index (χ3v) is 17.4. The summed E-state index contributed by atoms with van der Waals surface area (Å²) in [6.07, 6.45) is 5.22. The molecule has 4 heterocycles. The van der Waals surface area contributed by atoms with E-state index in [4.69, 9.17) is 52.1 Å². The number of nitrogens with one attached hydrogen (secondary N) is 5. The average Bonchev–Trinajstić information content (AvgIpc) is 1.46. The van der Waals surface area contributed by atoms with E-state index in [0.717, 1.165) is 31.2 Å². The zero-order chi connectivity index (χ0) is 72.5. The summed E-state index contributed by atoms with van der Waals surface area (Å²) in [7, 11) is -12.7. The van der Waals surface area contributed by atoms with Gasteiger partial charge in [-0.15, -0.1) is 0 Å². The number of methoxy groups -OCH3 is 3. The summed E-state index contributed by atoms with van der Waals surface area (Å²) in [4.78, 5) is 112. The number of urea groups is 2. The topological polar surface area (TPSA) is 463 Å². The van der Waals surface area contributed by atoms with E-state index < -0.39 is 108 Å². The number of halogens is 5. The third kappa shape index (κ3) is 27.2. The molecule has 3 aromatic heterocycles. The summed E-state index contributed by atoms with van der Waals surface area (Å²) in [6.45, 7) is 4.25. The lowest BCUT2D eigenvalue weighted by Crippen LogP contribution is -2.36. The molecule has 0 spiro atoms. The molecule has 0 bridgehead atoms. The maximum atomic E-state index is 12.7. The number of benzene rings is 2. The van der Waals surface area contributed by atoms with E-state index in [-0.39, 0.29) is 70.3 Å². The van der Waals surface area contributed by atoms with Gasteiger partial charge in [-0.3, -0.25) is 30.3 Å². The second kappa shape index (κ2) is 37.4. The van der Waals surface area contributed by atoms with Crippen molar-refractivity contribution in [1.29, 1.82) is 0 Å². The molecule has 32 nitrogen and oxygen atoms in total. The number of anilines is 3. The molecule has 1 aliphatic heterocycles. The number of nitrogens with zero attached hydrogens (tertiary/aromatic N) is 7. The van der Waals surface area contributed by atoms with Crippen LogP contribution in [0.5, 0.6) is 17.8 Å². The lowest BCUT2D eigenvalue weighted by Gasteiger charge is -2.16. The molecule has 2 aromatic carbocycles. The number of alkyl halides is 3. The number of imide groups is 1.